The summed E-state index contributed by atoms with van der Waals surface area (Å²) in [5.41, 5.74) is 6.37. The Morgan fingerprint density at radius 2 is 1.22 bits per heavy atom. The van der Waals surface area contributed by atoms with E-state index >= 15 is 0 Å². The Kier molecular flexibility index (Phi) is 8.20. The lowest BCUT2D eigenvalue weighted by molar-refractivity contribution is 0.561. The quantitative estimate of drug-likeness (QED) is 0.150. The molecular formula is C40H27FN12O. The van der Waals surface area contributed by atoms with Crippen molar-refractivity contribution in [3.63, 3.8) is 0 Å². The van der Waals surface area contributed by atoms with Crippen LogP contribution in [0.15, 0.2) is 133 Å². The molecule has 0 aliphatic carbocycles. The molecule has 0 amide bonds. The van der Waals surface area contributed by atoms with Gasteiger partial charge in [0.15, 0.2) is 34.4 Å². The van der Waals surface area contributed by atoms with Crippen molar-refractivity contribution in [3.05, 3.63) is 140 Å². The fourth-order valence-electron chi connectivity index (χ4n) is 5.97. The van der Waals surface area contributed by atoms with Crippen molar-refractivity contribution in [3.8, 4) is 22.8 Å². The molecule has 0 saturated heterocycles. The smallest absolute Gasteiger partial charge is 0.192 e. The van der Waals surface area contributed by atoms with E-state index in [2.05, 4.69) is 55.5 Å². The number of anilines is 4. The molecule has 0 unspecified atom stereocenters. The zero-order valence-corrected chi connectivity index (χ0v) is 28.4. The Balaban J connectivity index is 0.000000142. The number of aromatic amines is 1. The third-order valence-electron chi connectivity index (χ3n) is 8.45. The summed E-state index contributed by atoms with van der Waals surface area (Å²) in [6.45, 7) is 1.83. The number of nitrogens with one attached hydrogen (secondary N) is 3. The summed E-state index contributed by atoms with van der Waals surface area (Å²) in [4.78, 5) is 42.5. The maximum absolute atomic E-state index is 14.3. The molecule has 54 heavy (non-hydrogen) atoms. The molecule has 0 fully saturated rings. The van der Waals surface area contributed by atoms with Gasteiger partial charge in [-0.05, 0) is 78.9 Å². The molecule has 0 bridgehead atoms. The molecule has 0 spiro atoms. The maximum Gasteiger partial charge on any atom is 0.192 e. The van der Waals surface area contributed by atoms with Crippen molar-refractivity contribution in [2.75, 3.05) is 10.6 Å². The van der Waals surface area contributed by atoms with E-state index in [0.717, 1.165) is 44.1 Å². The molecule has 0 aliphatic heterocycles. The van der Waals surface area contributed by atoms with Gasteiger partial charge in [0, 0.05) is 84.3 Å². The van der Waals surface area contributed by atoms with E-state index in [9.17, 15) is 4.39 Å². The molecule has 8 heterocycles. The number of hydrogen-bond donors (Lipinski definition) is 3. The predicted octanol–water partition coefficient (Wildman–Crippen LogP) is 8.73. The van der Waals surface area contributed by atoms with E-state index in [1.165, 1.54) is 6.07 Å². The van der Waals surface area contributed by atoms with E-state index in [1.807, 2.05) is 85.8 Å². The van der Waals surface area contributed by atoms with Crippen LogP contribution in [-0.2, 0) is 0 Å². The van der Waals surface area contributed by atoms with Gasteiger partial charge >= 0.3 is 0 Å². The second kappa shape index (κ2) is 13.8. The van der Waals surface area contributed by atoms with Crippen LogP contribution in [0.5, 0.6) is 0 Å². The summed E-state index contributed by atoms with van der Waals surface area (Å²) >= 11 is 0. The average Bonchev–Trinajstić information content (AvgIpc) is 3.85. The summed E-state index contributed by atoms with van der Waals surface area (Å²) in [6.07, 6.45) is 11.9. The first-order valence-corrected chi connectivity index (χ1v) is 16.8. The first kappa shape index (κ1) is 32.2. The Labute approximate surface area is 305 Å². The maximum atomic E-state index is 14.3. The van der Waals surface area contributed by atoms with Crippen molar-refractivity contribution in [1.29, 1.82) is 0 Å². The Morgan fingerprint density at radius 1 is 0.611 bits per heavy atom. The lowest BCUT2D eigenvalue weighted by atomic mass is 10.2. The standard InChI is InChI=1S/C20H13FN6.C20H14N6O/c21-16-11-14(10-13-5-9-23-17(13)16)25-20-15-2-1-6-24-19(15)26-18(27-20)12-3-7-22-8-4-12;1-12-23-16-5-4-14(11-17(16)27-12)24-20-15-3-2-8-22-19(15)25-18(26-20)13-6-9-21-10-7-13/h1-11,23H,(H,24,25,26,27);2-11H,1H3,(H,22,24,25,26). The number of benzene rings is 2. The molecule has 13 nitrogen and oxygen atoms in total. The van der Waals surface area contributed by atoms with E-state index in [1.54, 1.807) is 43.4 Å². The zero-order valence-electron chi connectivity index (χ0n) is 28.4. The lowest BCUT2D eigenvalue weighted by Gasteiger charge is -2.11. The van der Waals surface area contributed by atoms with Gasteiger partial charge in [-0.15, -0.1) is 0 Å². The average molecular weight is 711 g/mol. The summed E-state index contributed by atoms with van der Waals surface area (Å²) < 4.78 is 19.9. The first-order chi connectivity index (χ1) is 26.5. The number of aryl methyl sites for hydroxylation is 1. The Hall–Kier alpha value is -7.74. The molecule has 0 saturated carbocycles. The highest BCUT2D eigenvalue weighted by atomic mass is 19.1. The van der Waals surface area contributed by atoms with Crippen molar-refractivity contribution in [1.82, 2.24) is 49.8 Å². The van der Waals surface area contributed by atoms with Crippen LogP contribution in [0.2, 0.25) is 0 Å². The highest BCUT2D eigenvalue weighted by Gasteiger charge is 2.14. The molecule has 10 rings (SSSR count). The van der Waals surface area contributed by atoms with Crippen molar-refractivity contribution in [2.24, 2.45) is 0 Å². The molecule has 10 aromatic rings. The van der Waals surface area contributed by atoms with Crippen LogP contribution in [0.25, 0.3) is 66.8 Å². The second-order valence-corrected chi connectivity index (χ2v) is 12.1. The van der Waals surface area contributed by atoms with Gasteiger partial charge in [-0.2, -0.15) is 0 Å². The molecule has 2 aromatic carbocycles. The van der Waals surface area contributed by atoms with Crippen LogP contribution in [0.4, 0.5) is 27.4 Å². The van der Waals surface area contributed by atoms with Gasteiger partial charge in [-0.1, -0.05) is 0 Å². The summed E-state index contributed by atoms with van der Waals surface area (Å²) in [5.74, 6) is 2.66. The molecular weight excluding hydrogens is 684 g/mol. The normalized spacial score (nSPS) is 11.1. The Bertz CT molecular complexity index is 2930. The molecule has 3 N–H and O–H groups in total. The number of nitrogens with zero attached hydrogens (tertiary/aromatic N) is 9. The largest absolute Gasteiger partial charge is 0.441 e. The van der Waals surface area contributed by atoms with Crippen LogP contribution in [0.3, 0.4) is 0 Å². The summed E-state index contributed by atoms with van der Waals surface area (Å²) in [7, 11) is 0. The lowest BCUT2D eigenvalue weighted by Crippen LogP contribution is -2.00. The minimum absolute atomic E-state index is 0.328. The van der Waals surface area contributed by atoms with Gasteiger partial charge in [0.05, 0.1) is 16.3 Å². The van der Waals surface area contributed by atoms with E-state index < -0.39 is 0 Å². The monoisotopic (exact) mass is 710 g/mol. The number of aromatic nitrogens is 10. The second-order valence-electron chi connectivity index (χ2n) is 12.1. The number of hydrogen-bond acceptors (Lipinski definition) is 12. The van der Waals surface area contributed by atoms with Gasteiger partial charge in [0.25, 0.3) is 0 Å². The van der Waals surface area contributed by atoms with E-state index in [4.69, 9.17) is 9.40 Å². The molecule has 0 atom stereocenters. The topological polar surface area (TPSA) is 169 Å². The third-order valence-corrected chi connectivity index (χ3v) is 8.45. The summed E-state index contributed by atoms with van der Waals surface area (Å²) in [6, 6.07) is 25.8. The van der Waals surface area contributed by atoms with Crippen LogP contribution >= 0.6 is 0 Å². The molecule has 14 heteroatoms. The van der Waals surface area contributed by atoms with Crippen molar-refractivity contribution < 1.29 is 8.81 Å². The Morgan fingerprint density at radius 3 is 1.85 bits per heavy atom. The minimum Gasteiger partial charge on any atom is -0.441 e. The zero-order chi connectivity index (χ0) is 36.4. The fraction of sp³-hybridized carbons (Fsp3) is 0.0250. The first-order valence-electron chi connectivity index (χ1n) is 16.8. The van der Waals surface area contributed by atoms with Gasteiger partial charge in [-0.3, -0.25) is 9.97 Å². The van der Waals surface area contributed by atoms with Crippen molar-refractivity contribution >= 4 is 67.1 Å². The van der Waals surface area contributed by atoms with Crippen LogP contribution < -0.4 is 10.6 Å². The highest BCUT2D eigenvalue weighted by molar-refractivity contribution is 5.92. The minimum atomic E-state index is -0.328. The van der Waals surface area contributed by atoms with E-state index in [0.29, 0.717) is 51.7 Å². The highest BCUT2D eigenvalue weighted by Crippen LogP contribution is 2.30. The van der Waals surface area contributed by atoms with Crippen LogP contribution in [0, 0.1) is 12.7 Å². The fourth-order valence-corrected chi connectivity index (χ4v) is 5.97. The van der Waals surface area contributed by atoms with Gasteiger partial charge < -0.3 is 20.0 Å². The number of fused-ring (bicyclic) bond motifs is 4. The number of oxazole rings is 1. The molecule has 0 radical (unpaired) electrons. The van der Waals surface area contributed by atoms with Crippen molar-refractivity contribution in [2.45, 2.75) is 6.92 Å². The SMILES string of the molecule is Cc1nc2ccc(Nc3nc(-c4ccncc4)nc4ncccc34)cc2o1.Fc1cc(Nc2nc(-c3ccncc3)nc3ncccc23)cc2cc[nH]c12. The van der Waals surface area contributed by atoms with Crippen LogP contribution in [0.1, 0.15) is 5.89 Å². The molecule has 0 aliphatic rings. The molecule has 8 aromatic heterocycles. The van der Waals surface area contributed by atoms with E-state index in [-0.39, 0.29) is 5.82 Å². The molecule has 260 valence electrons. The predicted molar refractivity (Wildman–Crippen MR) is 205 cm³/mol. The number of rotatable bonds is 6. The van der Waals surface area contributed by atoms with Gasteiger partial charge in [0.2, 0.25) is 0 Å². The number of halogens is 1. The number of pyridine rings is 4. The number of H-pyrrole nitrogens is 1. The van der Waals surface area contributed by atoms with Crippen LogP contribution in [-0.4, -0.2) is 49.8 Å². The summed E-state index contributed by atoms with van der Waals surface area (Å²) in [5, 5.41) is 8.96. The third kappa shape index (κ3) is 6.46. The van der Waals surface area contributed by atoms with Gasteiger partial charge in [-0.25, -0.2) is 39.3 Å². The van der Waals surface area contributed by atoms with Gasteiger partial charge in [0.1, 0.15) is 23.0 Å².